The number of aliphatic hydroxyl groups is 1. The third kappa shape index (κ3) is 1.87. The van der Waals surface area contributed by atoms with Crippen LogP contribution in [-0.4, -0.2) is 53.3 Å². The first-order chi connectivity index (χ1) is 13.3. The van der Waals surface area contributed by atoms with Gasteiger partial charge in [-0.3, -0.25) is 9.59 Å². The van der Waals surface area contributed by atoms with E-state index in [0.717, 1.165) is 11.1 Å². The van der Waals surface area contributed by atoms with Crippen molar-refractivity contribution >= 4 is 11.9 Å². The highest BCUT2D eigenvalue weighted by molar-refractivity contribution is 5.76. The summed E-state index contributed by atoms with van der Waals surface area (Å²) in [6.45, 7) is 3.42. The van der Waals surface area contributed by atoms with Gasteiger partial charge in [-0.15, -0.1) is 0 Å². The summed E-state index contributed by atoms with van der Waals surface area (Å²) in [6, 6.07) is 3.49. The van der Waals surface area contributed by atoms with E-state index in [1.807, 2.05) is 12.1 Å². The fourth-order valence-corrected chi connectivity index (χ4v) is 5.92. The minimum Gasteiger partial charge on any atom is -0.493 e. The second-order valence-corrected chi connectivity index (χ2v) is 8.11. The summed E-state index contributed by atoms with van der Waals surface area (Å²) in [7, 11) is 1.58. The summed E-state index contributed by atoms with van der Waals surface area (Å²) in [5, 5.41) is 12.0. The summed E-state index contributed by atoms with van der Waals surface area (Å²) in [5.74, 6) is 1.17. The van der Waals surface area contributed by atoms with Crippen molar-refractivity contribution < 1.29 is 28.9 Å². The molecule has 2 aliphatic carbocycles. The zero-order valence-corrected chi connectivity index (χ0v) is 16.2. The molecule has 148 valence electrons. The van der Waals surface area contributed by atoms with Gasteiger partial charge in [0.05, 0.1) is 18.6 Å². The number of rotatable bonds is 2. The Morgan fingerprint density at radius 2 is 2.11 bits per heavy atom. The Balaban J connectivity index is 1.78. The van der Waals surface area contributed by atoms with E-state index in [2.05, 4.69) is 0 Å². The van der Waals surface area contributed by atoms with Crippen molar-refractivity contribution in [3.63, 3.8) is 0 Å². The quantitative estimate of drug-likeness (QED) is 0.776. The van der Waals surface area contributed by atoms with Gasteiger partial charge in [0, 0.05) is 32.4 Å². The van der Waals surface area contributed by atoms with Crippen LogP contribution in [0, 0.1) is 0 Å². The number of benzene rings is 1. The van der Waals surface area contributed by atoms with Gasteiger partial charge in [0.15, 0.2) is 17.6 Å². The molecule has 1 fully saturated rings. The Morgan fingerprint density at radius 1 is 1.32 bits per heavy atom. The lowest BCUT2D eigenvalue weighted by Crippen LogP contribution is -2.75. The summed E-state index contributed by atoms with van der Waals surface area (Å²) >= 11 is 0. The average Bonchev–Trinajstić information content (AvgIpc) is 2.98. The van der Waals surface area contributed by atoms with Crippen LogP contribution in [0.3, 0.4) is 0 Å². The maximum absolute atomic E-state index is 12.3. The number of piperidine rings is 1. The van der Waals surface area contributed by atoms with Gasteiger partial charge in [-0.25, -0.2) is 0 Å². The number of esters is 1. The summed E-state index contributed by atoms with van der Waals surface area (Å²) in [6.07, 6.45) is 2.48. The molecule has 7 nitrogen and oxygen atoms in total. The maximum Gasteiger partial charge on any atom is 0.307 e. The van der Waals surface area contributed by atoms with Crippen molar-refractivity contribution in [1.82, 2.24) is 4.90 Å². The summed E-state index contributed by atoms with van der Waals surface area (Å²) in [4.78, 5) is 25.8. The topological polar surface area (TPSA) is 85.3 Å². The fraction of sp³-hybridized carbons (Fsp3) is 0.524. The van der Waals surface area contributed by atoms with Gasteiger partial charge in [0.2, 0.25) is 5.91 Å². The first-order valence-corrected chi connectivity index (χ1v) is 9.58. The SMILES string of the molecule is COc1ccc2c3c1O[C@@H]1C(OC(C)=O)=CC[C@]4(O)[C@H](C2)N(C(C)=O)CC[C@@]314. The highest BCUT2D eigenvalue weighted by atomic mass is 16.6. The van der Waals surface area contributed by atoms with Gasteiger partial charge in [0.1, 0.15) is 11.4 Å². The highest BCUT2D eigenvalue weighted by Gasteiger charge is 2.72. The molecule has 1 N–H and O–H groups in total. The monoisotopic (exact) mass is 385 g/mol. The molecular formula is C21H23NO6. The molecule has 1 amide bonds. The molecule has 1 aromatic carbocycles. The van der Waals surface area contributed by atoms with Crippen LogP contribution >= 0.6 is 0 Å². The Morgan fingerprint density at radius 3 is 2.79 bits per heavy atom. The molecular weight excluding hydrogens is 362 g/mol. The van der Waals surface area contributed by atoms with Crippen LogP contribution in [0.1, 0.15) is 37.8 Å². The standard InChI is InChI=1S/C21H23NO6/c1-11(23)22-9-8-20-17-13-4-5-14(26-3)18(17)28-19(20)15(27-12(2)24)6-7-21(20,25)16(22)10-13/h4-6,16,19,25H,7-10H2,1-3H3/t16-,19+,20+,21-/m0/s1. The zero-order valence-electron chi connectivity index (χ0n) is 16.2. The Labute approximate surface area is 162 Å². The number of likely N-dealkylation sites (tertiary alicyclic amines) is 1. The molecule has 0 unspecified atom stereocenters. The van der Waals surface area contributed by atoms with E-state index >= 15 is 0 Å². The lowest BCUT2D eigenvalue weighted by Gasteiger charge is -2.61. The number of carbonyl (C=O) groups is 2. The fourth-order valence-electron chi connectivity index (χ4n) is 5.92. The summed E-state index contributed by atoms with van der Waals surface area (Å²) < 4.78 is 17.4. The van der Waals surface area contributed by atoms with Gasteiger partial charge in [-0.2, -0.15) is 0 Å². The van der Waals surface area contributed by atoms with Gasteiger partial charge < -0.3 is 24.2 Å². The van der Waals surface area contributed by atoms with Crippen molar-refractivity contribution in [3.05, 3.63) is 35.1 Å². The third-order valence-corrected chi connectivity index (χ3v) is 6.96. The van der Waals surface area contributed by atoms with E-state index < -0.39 is 23.1 Å². The predicted octanol–water partition coefficient (Wildman–Crippen LogP) is 1.45. The molecule has 1 saturated heterocycles. The average molecular weight is 385 g/mol. The molecule has 1 spiro atoms. The second-order valence-electron chi connectivity index (χ2n) is 8.11. The molecule has 2 heterocycles. The lowest BCUT2D eigenvalue weighted by molar-refractivity contribution is -0.180. The van der Waals surface area contributed by atoms with Crippen LogP contribution in [0.2, 0.25) is 0 Å². The van der Waals surface area contributed by atoms with Crippen LogP contribution < -0.4 is 9.47 Å². The number of ether oxygens (including phenoxy) is 3. The lowest BCUT2D eigenvalue weighted by atomic mass is 9.50. The Bertz CT molecular complexity index is 939. The smallest absolute Gasteiger partial charge is 0.307 e. The highest BCUT2D eigenvalue weighted by Crippen LogP contribution is 2.65. The van der Waals surface area contributed by atoms with Crippen molar-refractivity contribution in [2.45, 2.75) is 56.3 Å². The molecule has 0 aromatic heterocycles. The minimum absolute atomic E-state index is 0.0457. The number of hydrogen-bond acceptors (Lipinski definition) is 6. The van der Waals surface area contributed by atoms with Crippen LogP contribution in [-0.2, 0) is 26.2 Å². The van der Waals surface area contributed by atoms with E-state index in [0.29, 0.717) is 43.1 Å². The Kier molecular flexibility index (Phi) is 3.45. The van der Waals surface area contributed by atoms with Gasteiger partial charge >= 0.3 is 5.97 Å². The van der Waals surface area contributed by atoms with Gasteiger partial charge in [-0.1, -0.05) is 6.07 Å². The number of methoxy groups -OCH3 is 1. The van der Waals surface area contributed by atoms with E-state index in [1.54, 1.807) is 25.0 Å². The van der Waals surface area contributed by atoms with Crippen molar-refractivity contribution in [3.8, 4) is 11.5 Å². The van der Waals surface area contributed by atoms with E-state index in [-0.39, 0.29) is 11.9 Å². The molecule has 1 aromatic rings. The largest absolute Gasteiger partial charge is 0.493 e. The summed E-state index contributed by atoms with van der Waals surface area (Å²) in [5.41, 5.74) is 0.00996. The number of hydrogen-bond donors (Lipinski definition) is 1. The van der Waals surface area contributed by atoms with Crippen molar-refractivity contribution in [2.24, 2.45) is 0 Å². The second kappa shape index (κ2) is 5.50. The van der Waals surface area contributed by atoms with Gasteiger partial charge in [0.25, 0.3) is 0 Å². The van der Waals surface area contributed by atoms with Crippen LogP contribution in [0.25, 0.3) is 0 Å². The van der Waals surface area contributed by atoms with E-state index in [4.69, 9.17) is 14.2 Å². The van der Waals surface area contributed by atoms with Crippen LogP contribution in [0.5, 0.6) is 11.5 Å². The molecule has 5 rings (SSSR count). The van der Waals surface area contributed by atoms with Gasteiger partial charge in [-0.05, 0) is 30.5 Å². The number of carbonyl (C=O) groups excluding carboxylic acids is 2. The van der Waals surface area contributed by atoms with Crippen molar-refractivity contribution in [2.75, 3.05) is 13.7 Å². The molecule has 2 aliphatic heterocycles. The third-order valence-electron chi connectivity index (χ3n) is 6.96. The normalized spacial score (nSPS) is 34.1. The van der Waals surface area contributed by atoms with Crippen molar-refractivity contribution in [1.29, 1.82) is 0 Å². The molecule has 4 atom stereocenters. The number of nitrogens with zero attached hydrogens (tertiary/aromatic N) is 1. The van der Waals surface area contributed by atoms with Crippen LogP contribution in [0.15, 0.2) is 24.0 Å². The molecule has 2 bridgehead atoms. The van der Waals surface area contributed by atoms with E-state index in [1.165, 1.54) is 6.92 Å². The maximum atomic E-state index is 12.3. The first kappa shape index (κ1) is 17.6. The van der Waals surface area contributed by atoms with Crippen LogP contribution in [0.4, 0.5) is 0 Å². The molecule has 0 saturated carbocycles. The molecule has 7 heteroatoms. The number of amides is 1. The molecule has 4 aliphatic rings. The zero-order chi connectivity index (χ0) is 19.8. The van der Waals surface area contributed by atoms with E-state index in [9.17, 15) is 14.7 Å². The Hall–Kier alpha value is -2.54. The molecule has 28 heavy (non-hydrogen) atoms. The first-order valence-electron chi connectivity index (χ1n) is 9.58. The predicted molar refractivity (Wildman–Crippen MR) is 98.0 cm³/mol. The molecule has 0 radical (unpaired) electrons. The minimum atomic E-state index is -1.20.